The van der Waals surface area contributed by atoms with Crippen molar-refractivity contribution in [3.8, 4) is 0 Å². The summed E-state index contributed by atoms with van der Waals surface area (Å²) in [7, 11) is 0. The number of amides is 2. The number of nitrogens with zero attached hydrogens (tertiary/aromatic N) is 1. The van der Waals surface area contributed by atoms with Crippen molar-refractivity contribution >= 4 is 39.5 Å². The van der Waals surface area contributed by atoms with Crippen molar-refractivity contribution in [1.29, 1.82) is 0 Å². The number of ether oxygens (including phenoxy) is 1. The number of rotatable bonds is 9. The van der Waals surface area contributed by atoms with E-state index in [0.29, 0.717) is 31.4 Å². The number of benzene rings is 3. The first-order chi connectivity index (χ1) is 19.0. The molecule has 1 fully saturated rings. The lowest BCUT2D eigenvalue weighted by atomic mass is 9.55. The van der Waals surface area contributed by atoms with Crippen LogP contribution in [-0.2, 0) is 19.1 Å². The van der Waals surface area contributed by atoms with Crippen LogP contribution in [-0.4, -0.2) is 41.6 Å². The highest BCUT2D eigenvalue weighted by Gasteiger charge is 2.61. The molecule has 0 unspecified atom stereocenters. The molecular weight excluding hydrogens is 558 g/mol. The lowest BCUT2D eigenvalue weighted by Gasteiger charge is -2.45. The number of carbonyl (C=O) groups is 4. The second kappa shape index (κ2) is 10.5. The van der Waals surface area contributed by atoms with Crippen molar-refractivity contribution in [2.45, 2.75) is 37.5 Å². The topological polar surface area (TPSA) is 80.8 Å². The average Bonchev–Trinajstić information content (AvgIpc) is 3.21. The van der Waals surface area contributed by atoms with Crippen LogP contribution in [0.4, 0.5) is 0 Å². The van der Waals surface area contributed by atoms with E-state index >= 15 is 0 Å². The van der Waals surface area contributed by atoms with E-state index in [1.807, 2.05) is 24.3 Å². The lowest BCUT2D eigenvalue weighted by molar-refractivity contribution is -0.143. The molecule has 39 heavy (non-hydrogen) atoms. The van der Waals surface area contributed by atoms with Gasteiger partial charge < -0.3 is 4.74 Å². The minimum absolute atomic E-state index is 0.0742. The number of Topliss-reactive ketones (excluding diaryl/α,β-unsaturated/α-hetero) is 1. The molecule has 2 amide bonds. The summed E-state index contributed by atoms with van der Waals surface area (Å²) in [6.45, 7) is 0.0705. The fourth-order valence-electron chi connectivity index (χ4n) is 6.61. The van der Waals surface area contributed by atoms with Gasteiger partial charge >= 0.3 is 5.97 Å². The molecule has 7 rings (SSSR count). The SMILES string of the molecule is O=C(CCCCCN1C(=O)[C@@H]2C3c4ccccc4C(c4ccccc43)[C@H]2C1=O)OCC(=O)c1ccc(Br)cc1. The Morgan fingerprint density at radius 3 is 1.74 bits per heavy atom. The number of esters is 1. The molecule has 1 saturated heterocycles. The second-order valence-electron chi connectivity index (χ2n) is 10.5. The number of halogens is 1. The highest BCUT2D eigenvalue weighted by Crippen LogP contribution is 2.60. The lowest BCUT2D eigenvalue weighted by Crippen LogP contribution is -2.41. The van der Waals surface area contributed by atoms with Crippen LogP contribution in [0.3, 0.4) is 0 Å². The van der Waals surface area contributed by atoms with Gasteiger partial charge in [0.25, 0.3) is 0 Å². The normalized spacial score (nSPS) is 22.3. The zero-order valence-corrected chi connectivity index (χ0v) is 22.9. The summed E-state index contributed by atoms with van der Waals surface area (Å²) in [6.07, 6.45) is 2.05. The number of carbonyl (C=O) groups excluding carboxylic acids is 4. The van der Waals surface area contributed by atoms with Gasteiger partial charge in [0.15, 0.2) is 12.4 Å². The molecule has 3 aromatic rings. The number of ketones is 1. The Labute approximate surface area is 235 Å². The minimum Gasteiger partial charge on any atom is -0.457 e. The standard InChI is InChI=1S/C32H28BrNO5/c33-20-15-13-19(14-16-20)25(35)18-39-26(36)12-2-1-7-17-34-31(37)29-27-21-8-3-4-9-22(21)28(30(29)32(34)38)24-11-6-5-10-23(24)27/h3-6,8-11,13-16,27-30H,1-2,7,12,17-18H2/t27?,28?,29-,30-/m1/s1. The molecule has 3 aliphatic carbocycles. The molecular formula is C32H28BrNO5. The van der Waals surface area contributed by atoms with Crippen molar-refractivity contribution in [2.75, 3.05) is 13.2 Å². The quantitative estimate of drug-likeness (QED) is 0.141. The Bertz CT molecular complexity index is 1350. The highest BCUT2D eigenvalue weighted by molar-refractivity contribution is 9.10. The third-order valence-electron chi connectivity index (χ3n) is 8.33. The van der Waals surface area contributed by atoms with Gasteiger partial charge in [-0.25, -0.2) is 0 Å². The maximum atomic E-state index is 13.6. The third-order valence-corrected chi connectivity index (χ3v) is 8.86. The Kier molecular flexibility index (Phi) is 6.94. The van der Waals surface area contributed by atoms with Gasteiger partial charge in [-0.15, -0.1) is 0 Å². The predicted octanol–water partition coefficient (Wildman–Crippen LogP) is 5.63. The van der Waals surface area contributed by atoms with Gasteiger partial charge in [-0.05, 0) is 47.2 Å². The fourth-order valence-corrected chi connectivity index (χ4v) is 6.88. The number of hydrogen-bond donors (Lipinski definition) is 0. The number of unbranched alkanes of at least 4 members (excludes halogenated alkanes) is 2. The number of hydrogen-bond acceptors (Lipinski definition) is 5. The molecule has 0 saturated carbocycles. The third kappa shape index (κ3) is 4.52. The van der Waals surface area contributed by atoms with Crippen molar-refractivity contribution < 1.29 is 23.9 Å². The van der Waals surface area contributed by atoms with Crippen molar-refractivity contribution in [3.63, 3.8) is 0 Å². The first-order valence-corrected chi connectivity index (χ1v) is 14.2. The van der Waals surface area contributed by atoms with Crippen LogP contribution in [0, 0.1) is 11.8 Å². The summed E-state index contributed by atoms with van der Waals surface area (Å²) in [5.41, 5.74) is 5.17. The fraction of sp³-hybridized carbons (Fsp3) is 0.312. The van der Waals surface area contributed by atoms with Crippen molar-refractivity contribution in [1.82, 2.24) is 4.90 Å². The Morgan fingerprint density at radius 1 is 0.718 bits per heavy atom. The summed E-state index contributed by atoms with van der Waals surface area (Å²) in [6, 6.07) is 23.4. The maximum Gasteiger partial charge on any atom is 0.306 e. The van der Waals surface area contributed by atoms with Crippen molar-refractivity contribution in [3.05, 3.63) is 105 Å². The minimum atomic E-state index is -0.424. The smallest absolute Gasteiger partial charge is 0.306 e. The largest absolute Gasteiger partial charge is 0.457 e. The molecule has 0 aromatic heterocycles. The van der Waals surface area contributed by atoms with E-state index in [2.05, 4.69) is 40.2 Å². The molecule has 2 atom stereocenters. The van der Waals surface area contributed by atoms with Crippen LogP contribution in [0.2, 0.25) is 0 Å². The highest BCUT2D eigenvalue weighted by atomic mass is 79.9. The molecule has 1 heterocycles. The Hall–Kier alpha value is -3.58. The van der Waals surface area contributed by atoms with Crippen molar-refractivity contribution in [2.24, 2.45) is 11.8 Å². The van der Waals surface area contributed by atoms with Crippen LogP contribution in [0.25, 0.3) is 0 Å². The summed E-state index contributed by atoms with van der Waals surface area (Å²) < 4.78 is 6.01. The molecule has 0 radical (unpaired) electrons. The molecule has 6 nitrogen and oxygen atoms in total. The Morgan fingerprint density at radius 2 is 1.23 bits per heavy atom. The molecule has 4 aliphatic rings. The van der Waals surface area contributed by atoms with E-state index in [-0.39, 0.29) is 54.3 Å². The summed E-state index contributed by atoms with van der Waals surface area (Å²) >= 11 is 3.33. The van der Waals surface area contributed by atoms with E-state index in [1.165, 1.54) is 27.2 Å². The van der Waals surface area contributed by atoms with Crippen LogP contribution in [0.5, 0.6) is 0 Å². The average molecular weight is 586 g/mol. The van der Waals surface area contributed by atoms with E-state index in [4.69, 9.17) is 4.74 Å². The molecule has 0 spiro atoms. The van der Waals surface area contributed by atoms with Gasteiger partial charge in [-0.3, -0.25) is 24.1 Å². The zero-order valence-electron chi connectivity index (χ0n) is 21.3. The van der Waals surface area contributed by atoms with Gasteiger partial charge in [0.05, 0.1) is 11.8 Å². The predicted molar refractivity (Wildman–Crippen MR) is 148 cm³/mol. The van der Waals surface area contributed by atoms with E-state index in [1.54, 1.807) is 24.3 Å². The molecule has 7 heteroatoms. The van der Waals surface area contributed by atoms with E-state index in [0.717, 1.165) is 4.47 Å². The van der Waals surface area contributed by atoms with Crippen LogP contribution >= 0.6 is 15.9 Å². The first-order valence-electron chi connectivity index (χ1n) is 13.4. The first kappa shape index (κ1) is 25.7. The van der Waals surface area contributed by atoms with Gasteiger partial charge in [0.2, 0.25) is 11.8 Å². The second-order valence-corrected chi connectivity index (χ2v) is 11.4. The van der Waals surface area contributed by atoms with Gasteiger partial charge in [0.1, 0.15) is 0 Å². The molecule has 1 aliphatic heterocycles. The maximum absolute atomic E-state index is 13.6. The Balaban J connectivity index is 1.03. The molecule has 0 N–H and O–H groups in total. The van der Waals surface area contributed by atoms with E-state index < -0.39 is 5.97 Å². The van der Waals surface area contributed by atoms with Gasteiger partial charge in [0, 0.05) is 34.8 Å². The van der Waals surface area contributed by atoms with E-state index in [9.17, 15) is 19.2 Å². The number of likely N-dealkylation sites (tertiary alicyclic amines) is 1. The van der Waals surface area contributed by atoms with Gasteiger partial charge in [-0.1, -0.05) is 83.0 Å². The number of imide groups is 1. The molecule has 2 bridgehead atoms. The summed E-state index contributed by atoms with van der Waals surface area (Å²) in [4.78, 5) is 53.0. The summed E-state index contributed by atoms with van der Waals surface area (Å²) in [5, 5.41) is 0. The van der Waals surface area contributed by atoms with Crippen LogP contribution < -0.4 is 0 Å². The van der Waals surface area contributed by atoms with Crippen LogP contribution in [0.15, 0.2) is 77.3 Å². The monoisotopic (exact) mass is 585 g/mol. The van der Waals surface area contributed by atoms with Crippen LogP contribution in [0.1, 0.15) is 70.1 Å². The van der Waals surface area contributed by atoms with Gasteiger partial charge in [-0.2, -0.15) is 0 Å². The summed E-state index contributed by atoms with van der Waals surface area (Å²) in [5.74, 6) is -1.72. The molecule has 3 aromatic carbocycles. The molecule has 198 valence electrons. The zero-order chi connectivity index (χ0) is 27.1.